The average molecular weight is 222 g/mol. The molecule has 1 aromatic rings. The minimum atomic E-state index is -1.31. The summed E-state index contributed by atoms with van der Waals surface area (Å²) in [5.41, 5.74) is 1.02. The number of halogens is 3. The Kier molecular flexibility index (Phi) is 3.45. The fraction of sp³-hybridized carbons (Fsp3) is 0.111. The molecular formula is C9H7Cl3. The van der Waals surface area contributed by atoms with Crippen molar-refractivity contribution in [2.24, 2.45) is 0 Å². The second-order valence-corrected chi connectivity index (χ2v) is 4.65. The summed E-state index contributed by atoms with van der Waals surface area (Å²) in [6.07, 6.45) is 3.29. The van der Waals surface area contributed by atoms with E-state index in [1.807, 2.05) is 30.3 Å². The smallest absolute Gasteiger partial charge is 0.0791 e. The van der Waals surface area contributed by atoms with Gasteiger partial charge >= 0.3 is 0 Å². The molecule has 0 saturated carbocycles. The highest BCUT2D eigenvalue weighted by molar-refractivity contribution is 6.69. The Labute approximate surface area is 86.7 Å². The highest BCUT2D eigenvalue weighted by Gasteiger charge is 2.13. The molecule has 0 spiro atoms. The first-order valence-corrected chi connectivity index (χ1v) is 4.52. The molecule has 0 unspecified atom stereocenters. The Hall–Kier alpha value is -0.170. The second-order valence-electron chi connectivity index (χ2n) is 2.29. The minimum absolute atomic E-state index is 1.02. The van der Waals surface area contributed by atoms with E-state index in [0.29, 0.717) is 0 Å². The first-order chi connectivity index (χ1) is 5.58. The molecule has 0 aromatic heterocycles. The highest BCUT2D eigenvalue weighted by atomic mass is 35.6. The van der Waals surface area contributed by atoms with Gasteiger partial charge in [-0.1, -0.05) is 71.2 Å². The number of alkyl halides is 3. The fourth-order valence-electron chi connectivity index (χ4n) is 0.755. The summed E-state index contributed by atoms with van der Waals surface area (Å²) < 4.78 is -1.31. The molecule has 1 aromatic carbocycles. The maximum atomic E-state index is 5.53. The molecule has 1 rings (SSSR count). The van der Waals surface area contributed by atoms with Gasteiger partial charge in [0, 0.05) is 0 Å². The number of rotatable bonds is 1. The summed E-state index contributed by atoms with van der Waals surface area (Å²) in [6, 6.07) is 9.67. The molecule has 0 aliphatic rings. The zero-order valence-electron chi connectivity index (χ0n) is 6.18. The van der Waals surface area contributed by atoms with Crippen molar-refractivity contribution < 1.29 is 0 Å². The Morgan fingerprint density at radius 3 is 2.08 bits per heavy atom. The number of hydrogen-bond donors (Lipinski definition) is 0. The van der Waals surface area contributed by atoms with E-state index in [1.54, 1.807) is 6.08 Å². The van der Waals surface area contributed by atoms with Crippen LogP contribution in [0.4, 0.5) is 0 Å². The third-order valence-corrected chi connectivity index (χ3v) is 1.64. The molecule has 0 nitrogen and oxygen atoms in total. The van der Waals surface area contributed by atoms with Crippen molar-refractivity contribution >= 4 is 40.9 Å². The zero-order chi connectivity index (χ0) is 9.03. The Morgan fingerprint density at radius 1 is 1.00 bits per heavy atom. The van der Waals surface area contributed by atoms with Crippen LogP contribution in [0.25, 0.3) is 6.08 Å². The molecule has 0 radical (unpaired) electrons. The lowest BCUT2D eigenvalue weighted by molar-refractivity contribution is 1.48. The van der Waals surface area contributed by atoms with Crippen LogP contribution in [-0.4, -0.2) is 3.79 Å². The highest BCUT2D eigenvalue weighted by Crippen LogP contribution is 2.28. The number of allylic oxidation sites excluding steroid dienone is 1. The van der Waals surface area contributed by atoms with E-state index in [-0.39, 0.29) is 0 Å². The predicted octanol–water partition coefficient (Wildman–Crippen LogP) is 4.07. The van der Waals surface area contributed by atoms with Crippen LogP contribution in [0, 0.1) is 0 Å². The Morgan fingerprint density at radius 2 is 1.58 bits per heavy atom. The van der Waals surface area contributed by atoms with Crippen LogP contribution in [0.15, 0.2) is 36.4 Å². The monoisotopic (exact) mass is 220 g/mol. The van der Waals surface area contributed by atoms with E-state index >= 15 is 0 Å². The van der Waals surface area contributed by atoms with E-state index in [4.69, 9.17) is 34.8 Å². The van der Waals surface area contributed by atoms with E-state index in [2.05, 4.69) is 0 Å². The normalized spacial score (nSPS) is 12.2. The van der Waals surface area contributed by atoms with Crippen LogP contribution >= 0.6 is 34.8 Å². The molecule has 0 fully saturated rings. The zero-order valence-corrected chi connectivity index (χ0v) is 8.44. The van der Waals surface area contributed by atoms with Gasteiger partial charge in [-0.2, -0.15) is 0 Å². The van der Waals surface area contributed by atoms with Gasteiger partial charge in [0.1, 0.15) is 0 Å². The molecule has 0 bridgehead atoms. The van der Waals surface area contributed by atoms with Crippen molar-refractivity contribution in [1.29, 1.82) is 0 Å². The summed E-state index contributed by atoms with van der Waals surface area (Å²) in [7, 11) is 0. The van der Waals surface area contributed by atoms with E-state index in [1.165, 1.54) is 6.08 Å². The summed E-state index contributed by atoms with van der Waals surface area (Å²) in [6.45, 7) is 0. The van der Waals surface area contributed by atoms with Crippen LogP contribution in [0.3, 0.4) is 0 Å². The van der Waals surface area contributed by atoms with Crippen molar-refractivity contribution in [2.75, 3.05) is 0 Å². The lowest BCUT2D eigenvalue weighted by Crippen LogP contribution is -1.93. The van der Waals surface area contributed by atoms with E-state index in [9.17, 15) is 0 Å². The lowest BCUT2D eigenvalue weighted by atomic mass is 10.2. The Bertz CT molecular complexity index is 259. The third kappa shape index (κ3) is 4.01. The molecule has 64 valence electrons. The van der Waals surface area contributed by atoms with Gasteiger partial charge in [0.15, 0.2) is 0 Å². The summed E-state index contributed by atoms with van der Waals surface area (Å²) in [5, 5.41) is 0. The standard InChI is InChI=1S/C9H7Cl3/c10-9(11,12)7-6-8-4-2-1-3-5-8/h1-7H/b7-6+. The quantitative estimate of drug-likeness (QED) is 0.627. The maximum Gasteiger partial charge on any atom is 0.209 e. The van der Waals surface area contributed by atoms with Gasteiger partial charge < -0.3 is 0 Å². The van der Waals surface area contributed by atoms with Gasteiger partial charge in [-0.05, 0) is 11.6 Å². The van der Waals surface area contributed by atoms with Crippen molar-refractivity contribution in [3.63, 3.8) is 0 Å². The molecule has 0 aliphatic heterocycles. The summed E-state index contributed by atoms with van der Waals surface area (Å²) >= 11 is 16.6. The largest absolute Gasteiger partial charge is 0.209 e. The SMILES string of the molecule is ClC(Cl)(Cl)/C=C/c1ccccc1. The molecule has 0 saturated heterocycles. The molecular weight excluding hydrogens is 214 g/mol. The van der Waals surface area contributed by atoms with E-state index < -0.39 is 3.79 Å². The fourth-order valence-corrected chi connectivity index (χ4v) is 0.944. The first-order valence-electron chi connectivity index (χ1n) is 3.39. The van der Waals surface area contributed by atoms with Crippen LogP contribution < -0.4 is 0 Å². The van der Waals surface area contributed by atoms with E-state index in [0.717, 1.165) is 5.56 Å². The molecule has 0 N–H and O–H groups in total. The molecule has 0 aliphatic carbocycles. The molecule has 0 atom stereocenters. The van der Waals surface area contributed by atoms with Gasteiger partial charge in [-0.25, -0.2) is 0 Å². The van der Waals surface area contributed by atoms with Gasteiger partial charge in [0.05, 0.1) is 0 Å². The third-order valence-electron chi connectivity index (χ3n) is 1.26. The second kappa shape index (κ2) is 4.18. The molecule has 0 amide bonds. The van der Waals surface area contributed by atoms with Gasteiger partial charge in [0.2, 0.25) is 3.79 Å². The van der Waals surface area contributed by atoms with Crippen molar-refractivity contribution in [3.05, 3.63) is 42.0 Å². The van der Waals surface area contributed by atoms with Gasteiger partial charge in [-0.15, -0.1) is 0 Å². The topological polar surface area (TPSA) is 0 Å². The average Bonchev–Trinajstić information content (AvgIpc) is 2.02. The summed E-state index contributed by atoms with van der Waals surface area (Å²) in [5.74, 6) is 0. The van der Waals surface area contributed by atoms with Gasteiger partial charge in [-0.3, -0.25) is 0 Å². The van der Waals surface area contributed by atoms with Crippen LogP contribution in [0.2, 0.25) is 0 Å². The molecule has 3 heteroatoms. The molecule has 0 heterocycles. The lowest BCUT2D eigenvalue weighted by Gasteiger charge is -2.01. The van der Waals surface area contributed by atoms with Crippen molar-refractivity contribution in [3.8, 4) is 0 Å². The first kappa shape index (κ1) is 9.91. The summed E-state index contributed by atoms with van der Waals surface area (Å²) in [4.78, 5) is 0. The molecule has 12 heavy (non-hydrogen) atoms. The number of hydrogen-bond acceptors (Lipinski definition) is 0. The van der Waals surface area contributed by atoms with Gasteiger partial charge in [0.25, 0.3) is 0 Å². The van der Waals surface area contributed by atoms with Crippen LogP contribution in [0.5, 0.6) is 0 Å². The maximum absolute atomic E-state index is 5.53. The van der Waals surface area contributed by atoms with Crippen molar-refractivity contribution in [1.82, 2.24) is 0 Å². The predicted molar refractivity (Wildman–Crippen MR) is 55.8 cm³/mol. The van der Waals surface area contributed by atoms with Crippen molar-refractivity contribution in [2.45, 2.75) is 3.79 Å². The number of benzene rings is 1. The van der Waals surface area contributed by atoms with Crippen LogP contribution in [0.1, 0.15) is 5.56 Å². The minimum Gasteiger partial charge on any atom is -0.0791 e. The van der Waals surface area contributed by atoms with Crippen LogP contribution in [-0.2, 0) is 0 Å². The Balaban J connectivity index is 2.71.